The Hall–Kier alpha value is -0.0800. The zero-order valence-electron chi connectivity index (χ0n) is 10.6. The van der Waals surface area contributed by atoms with Crippen LogP contribution in [0.1, 0.15) is 22.0 Å². The van der Waals surface area contributed by atoms with Gasteiger partial charge in [0.25, 0.3) is 0 Å². The van der Waals surface area contributed by atoms with Gasteiger partial charge in [-0.15, -0.1) is 11.3 Å². The van der Waals surface area contributed by atoms with Crippen LogP contribution in [-0.2, 0) is 6.18 Å². The van der Waals surface area contributed by atoms with Gasteiger partial charge in [0, 0.05) is 9.35 Å². The van der Waals surface area contributed by atoms with Gasteiger partial charge in [0.05, 0.1) is 20.4 Å². The first kappa shape index (κ1) is 17.3. The van der Waals surface area contributed by atoms with Crippen molar-refractivity contribution in [3.63, 3.8) is 0 Å². The Balaban J connectivity index is 2.57. The Labute approximate surface area is 145 Å². The highest BCUT2D eigenvalue weighted by Gasteiger charge is 2.36. The zero-order valence-corrected chi connectivity index (χ0v) is 15.3. The molecule has 0 aliphatic heterocycles. The third-order valence-electron chi connectivity index (χ3n) is 2.87. The molecule has 0 spiro atoms. The number of rotatable bonds is 3. The zero-order chi connectivity index (χ0) is 15.8. The quantitative estimate of drug-likeness (QED) is 0.567. The number of benzene rings is 1. The molecule has 0 amide bonds. The van der Waals surface area contributed by atoms with Crippen molar-refractivity contribution in [3.8, 4) is 0 Å². The molecular formula is C13H9Br2ClF3NS. The summed E-state index contributed by atoms with van der Waals surface area (Å²) in [7, 11) is 1.62. The standard InChI is InChI=1S/C13H9Br2ClF3NS/c1-20-11(10-5-9(16)12(15)21-10)7-3-2-6(14)4-8(7)13(17,18)19/h2-5,11,20H,1H3. The summed E-state index contributed by atoms with van der Waals surface area (Å²) in [4.78, 5) is 0.710. The number of halogens is 6. The van der Waals surface area contributed by atoms with Crippen LogP contribution in [0.25, 0.3) is 0 Å². The molecule has 1 nitrogen and oxygen atoms in total. The molecule has 1 N–H and O–H groups in total. The number of thiophene rings is 1. The van der Waals surface area contributed by atoms with E-state index in [1.54, 1.807) is 19.2 Å². The van der Waals surface area contributed by atoms with Crippen molar-refractivity contribution in [2.45, 2.75) is 12.2 Å². The van der Waals surface area contributed by atoms with Crippen LogP contribution in [0.2, 0.25) is 5.02 Å². The van der Waals surface area contributed by atoms with Gasteiger partial charge >= 0.3 is 6.18 Å². The predicted molar refractivity (Wildman–Crippen MR) is 87.1 cm³/mol. The van der Waals surface area contributed by atoms with Crippen molar-refractivity contribution >= 4 is 54.8 Å². The number of hydrogen-bond acceptors (Lipinski definition) is 2. The van der Waals surface area contributed by atoms with Gasteiger partial charge in [-0.3, -0.25) is 0 Å². The first-order valence-corrected chi connectivity index (χ1v) is 8.50. The topological polar surface area (TPSA) is 12.0 Å². The van der Waals surface area contributed by atoms with Crippen LogP contribution in [0, 0.1) is 0 Å². The molecule has 1 unspecified atom stereocenters. The minimum absolute atomic E-state index is 0.165. The second kappa shape index (κ2) is 6.58. The molecule has 0 fully saturated rings. The summed E-state index contributed by atoms with van der Waals surface area (Å²) in [6.07, 6.45) is -4.42. The van der Waals surface area contributed by atoms with Gasteiger partial charge in [-0.2, -0.15) is 13.2 Å². The van der Waals surface area contributed by atoms with E-state index < -0.39 is 17.8 Å². The molecule has 114 valence electrons. The molecule has 1 atom stereocenters. The van der Waals surface area contributed by atoms with Crippen LogP contribution in [-0.4, -0.2) is 7.05 Å². The van der Waals surface area contributed by atoms with E-state index in [1.807, 2.05) is 0 Å². The first-order chi connectivity index (χ1) is 9.74. The lowest BCUT2D eigenvalue weighted by atomic mass is 9.99. The van der Waals surface area contributed by atoms with Gasteiger partial charge in [0.1, 0.15) is 0 Å². The first-order valence-electron chi connectivity index (χ1n) is 5.72. The van der Waals surface area contributed by atoms with E-state index in [0.717, 1.165) is 6.07 Å². The van der Waals surface area contributed by atoms with E-state index in [-0.39, 0.29) is 5.56 Å². The molecular weight excluding hydrogens is 454 g/mol. The number of alkyl halides is 3. The summed E-state index contributed by atoms with van der Waals surface area (Å²) >= 11 is 13.7. The maximum absolute atomic E-state index is 13.2. The van der Waals surface area contributed by atoms with Crippen LogP contribution < -0.4 is 5.32 Å². The highest BCUT2D eigenvalue weighted by molar-refractivity contribution is 9.11. The fraction of sp³-hybridized carbons (Fsp3) is 0.231. The molecule has 21 heavy (non-hydrogen) atoms. The summed E-state index contributed by atoms with van der Waals surface area (Å²) in [5.41, 5.74) is -0.504. The van der Waals surface area contributed by atoms with Gasteiger partial charge in [-0.05, 0) is 46.7 Å². The minimum atomic E-state index is -4.42. The van der Waals surface area contributed by atoms with Crippen molar-refractivity contribution < 1.29 is 13.2 Å². The Bertz CT molecular complexity index is 638. The average Bonchev–Trinajstić information content (AvgIpc) is 2.71. The van der Waals surface area contributed by atoms with Crippen LogP contribution in [0.5, 0.6) is 0 Å². The third-order valence-corrected chi connectivity index (χ3v) is 5.90. The maximum Gasteiger partial charge on any atom is 0.416 e. The van der Waals surface area contributed by atoms with Gasteiger partial charge < -0.3 is 5.32 Å². The maximum atomic E-state index is 13.2. The monoisotopic (exact) mass is 461 g/mol. The number of nitrogens with one attached hydrogen (secondary N) is 1. The second-order valence-electron chi connectivity index (χ2n) is 4.22. The fourth-order valence-electron chi connectivity index (χ4n) is 1.98. The molecule has 1 heterocycles. The molecule has 2 rings (SSSR count). The van der Waals surface area contributed by atoms with Crippen LogP contribution >= 0.6 is 54.8 Å². The van der Waals surface area contributed by atoms with Crippen LogP contribution in [0.15, 0.2) is 32.5 Å². The molecule has 0 saturated carbocycles. The molecule has 0 aliphatic carbocycles. The summed E-state index contributed by atoms with van der Waals surface area (Å²) in [5, 5.41) is 3.41. The molecule has 2 aromatic rings. The summed E-state index contributed by atoms with van der Waals surface area (Å²) in [6, 6.07) is 5.24. The Kier molecular flexibility index (Phi) is 5.41. The fourth-order valence-corrected chi connectivity index (χ4v) is 4.22. The molecule has 1 aromatic heterocycles. The Morgan fingerprint density at radius 2 is 1.90 bits per heavy atom. The highest BCUT2D eigenvalue weighted by Crippen LogP contribution is 2.42. The molecule has 1 aromatic carbocycles. The van der Waals surface area contributed by atoms with Crippen molar-refractivity contribution in [3.05, 3.63) is 53.6 Å². The SMILES string of the molecule is CNC(c1cc(Cl)c(Br)s1)c1ccc(Br)cc1C(F)(F)F. The van der Waals surface area contributed by atoms with E-state index in [2.05, 4.69) is 37.2 Å². The van der Waals surface area contributed by atoms with Crippen LogP contribution in [0.3, 0.4) is 0 Å². The summed E-state index contributed by atoms with van der Waals surface area (Å²) in [6.45, 7) is 0. The lowest BCUT2D eigenvalue weighted by Gasteiger charge is -2.20. The van der Waals surface area contributed by atoms with E-state index in [4.69, 9.17) is 11.6 Å². The van der Waals surface area contributed by atoms with E-state index in [0.29, 0.717) is 18.2 Å². The Morgan fingerprint density at radius 3 is 2.38 bits per heavy atom. The smallest absolute Gasteiger partial charge is 0.309 e. The average molecular weight is 464 g/mol. The molecule has 0 bridgehead atoms. The van der Waals surface area contributed by atoms with Gasteiger partial charge in [0.2, 0.25) is 0 Å². The van der Waals surface area contributed by atoms with Crippen molar-refractivity contribution in [1.29, 1.82) is 0 Å². The Morgan fingerprint density at radius 1 is 1.24 bits per heavy atom. The van der Waals surface area contributed by atoms with E-state index in [1.165, 1.54) is 17.4 Å². The predicted octanol–water partition coefficient (Wildman–Crippen LogP) is 6.25. The normalized spacial score (nSPS) is 13.5. The van der Waals surface area contributed by atoms with E-state index >= 15 is 0 Å². The molecule has 0 saturated heterocycles. The van der Waals surface area contributed by atoms with Gasteiger partial charge in [0.15, 0.2) is 0 Å². The largest absolute Gasteiger partial charge is 0.416 e. The number of hydrogen-bond donors (Lipinski definition) is 1. The highest BCUT2D eigenvalue weighted by atomic mass is 79.9. The van der Waals surface area contributed by atoms with Gasteiger partial charge in [-0.25, -0.2) is 0 Å². The lowest BCUT2D eigenvalue weighted by molar-refractivity contribution is -0.138. The van der Waals surface area contributed by atoms with Crippen molar-refractivity contribution in [1.82, 2.24) is 5.32 Å². The molecule has 0 aliphatic rings. The second-order valence-corrected chi connectivity index (χ2v) is 7.95. The summed E-state index contributed by atoms with van der Waals surface area (Å²) in [5.74, 6) is 0. The molecule has 8 heteroatoms. The van der Waals surface area contributed by atoms with Crippen molar-refractivity contribution in [2.24, 2.45) is 0 Å². The lowest BCUT2D eigenvalue weighted by Crippen LogP contribution is -2.21. The van der Waals surface area contributed by atoms with Gasteiger partial charge in [-0.1, -0.05) is 33.6 Å². The summed E-state index contributed by atoms with van der Waals surface area (Å²) < 4.78 is 40.8. The third kappa shape index (κ3) is 3.82. The minimum Gasteiger partial charge on any atom is -0.309 e. The van der Waals surface area contributed by atoms with Crippen LogP contribution in [0.4, 0.5) is 13.2 Å². The molecule has 0 radical (unpaired) electrons. The van der Waals surface area contributed by atoms with Crippen molar-refractivity contribution in [2.75, 3.05) is 7.05 Å². The van der Waals surface area contributed by atoms with E-state index in [9.17, 15) is 13.2 Å².